The van der Waals surface area contributed by atoms with E-state index in [-0.39, 0.29) is 34.4 Å². The van der Waals surface area contributed by atoms with Crippen LogP contribution in [0.4, 0.5) is 11.4 Å². The molecular weight excluding hydrogens is 396 g/mol. The molecule has 0 bridgehead atoms. The number of rotatable bonds is 5. The van der Waals surface area contributed by atoms with Crippen LogP contribution in [0.3, 0.4) is 0 Å². The standard InChI is InChI=1S/C17H11ClN2O6S/c18-12-7-16(27(23,24)25)13(8-15(12)26-9-21)19-20-17-11-4-2-1-3-10(11)5-6-14(17)22/h1-9,22H,(H,23,24,25). The fourth-order valence-corrected chi connectivity index (χ4v) is 3.31. The number of nitrogens with zero attached hydrogens (tertiary/aromatic N) is 2. The van der Waals surface area contributed by atoms with Crippen LogP contribution in [0.25, 0.3) is 10.8 Å². The van der Waals surface area contributed by atoms with E-state index in [1.54, 1.807) is 30.3 Å². The van der Waals surface area contributed by atoms with Crippen LogP contribution in [-0.4, -0.2) is 24.5 Å². The Kier molecular flexibility index (Phi) is 5.08. The number of carbonyl (C=O) groups excluding carboxylic acids is 1. The Morgan fingerprint density at radius 3 is 2.52 bits per heavy atom. The van der Waals surface area contributed by atoms with Crippen molar-refractivity contribution in [2.24, 2.45) is 10.2 Å². The van der Waals surface area contributed by atoms with Gasteiger partial charge in [-0.1, -0.05) is 41.9 Å². The van der Waals surface area contributed by atoms with Crippen LogP contribution in [0.5, 0.6) is 11.5 Å². The molecule has 0 saturated heterocycles. The maximum atomic E-state index is 11.6. The summed E-state index contributed by atoms with van der Waals surface area (Å²) >= 11 is 5.83. The number of fused-ring (bicyclic) bond motifs is 1. The lowest BCUT2D eigenvalue weighted by Crippen LogP contribution is -2.00. The Hall–Kier alpha value is -3.01. The Morgan fingerprint density at radius 1 is 1.07 bits per heavy atom. The summed E-state index contributed by atoms with van der Waals surface area (Å²) in [6.45, 7) is 0.103. The molecule has 10 heteroatoms. The quantitative estimate of drug-likeness (QED) is 0.367. The molecule has 0 saturated carbocycles. The first-order chi connectivity index (χ1) is 12.8. The van der Waals surface area contributed by atoms with E-state index in [9.17, 15) is 22.9 Å². The van der Waals surface area contributed by atoms with Crippen molar-refractivity contribution in [1.29, 1.82) is 0 Å². The number of benzene rings is 3. The normalized spacial score (nSPS) is 11.8. The number of hydrogen-bond donors (Lipinski definition) is 2. The van der Waals surface area contributed by atoms with Gasteiger partial charge in [-0.3, -0.25) is 9.35 Å². The number of aromatic hydroxyl groups is 1. The van der Waals surface area contributed by atoms with E-state index in [1.807, 2.05) is 0 Å². The Bertz CT molecular complexity index is 1180. The van der Waals surface area contributed by atoms with Crippen LogP contribution in [0.2, 0.25) is 5.02 Å². The zero-order chi connectivity index (χ0) is 19.6. The van der Waals surface area contributed by atoms with E-state index in [1.165, 1.54) is 6.07 Å². The molecule has 0 amide bonds. The van der Waals surface area contributed by atoms with Crippen LogP contribution >= 0.6 is 11.6 Å². The van der Waals surface area contributed by atoms with Crippen LogP contribution in [0, 0.1) is 0 Å². The molecule has 138 valence electrons. The Labute approximate surface area is 158 Å². The number of halogens is 1. The SMILES string of the molecule is O=COc1cc(N=Nc2c(O)ccc3ccccc23)c(S(=O)(=O)O)cc1Cl. The van der Waals surface area contributed by atoms with Crippen LogP contribution < -0.4 is 4.74 Å². The highest BCUT2D eigenvalue weighted by Crippen LogP contribution is 2.39. The molecule has 0 unspecified atom stereocenters. The number of phenols is 1. The molecule has 0 aliphatic rings. The summed E-state index contributed by atoms with van der Waals surface area (Å²) in [5.41, 5.74) is -0.228. The number of carbonyl (C=O) groups is 1. The fourth-order valence-electron chi connectivity index (χ4n) is 2.40. The third-order valence-corrected chi connectivity index (χ3v) is 4.78. The third kappa shape index (κ3) is 3.90. The predicted molar refractivity (Wildman–Crippen MR) is 97.7 cm³/mol. The van der Waals surface area contributed by atoms with Gasteiger partial charge in [0.05, 0.1) is 5.02 Å². The van der Waals surface area contributed by atoms with Crippen molar-refractivity contribution in [3.05, 3.63) is 53.6 Å². The van der Waals surface area contributed by atoms with E-state index in [4.69, 9.17) is 11.6 Å². The Morgan fingerprint density at radius 2 is 1.81 bits per heavy atom. The maximum Gasteiger partial charge on any atom is 0.298 e. The molecule has 0 atom stereocenters. The van der Waals surface area contributed by atoms with Crippen molar-refractivity contribution in [2.75, 3.05) is 0 Å². The number of hydrogen-bond acceptors (Lipinski definition) is 7. The second-order valence-corrected chi connectivity index (χ2v) is 7.09. The van der Waals surface area contributed by atoms with Crippen molar-refractivity contribution < 1.29 is 27.6 Å². The topological polar surface area (TPSA) is 126 Å². The number of azo groups is 1. The summed E-state index contributed by atoms with van der Waals surface area (Å²) < 4.78 is 37.2. The predicted octanol–water partition coefficient (Wildman–Crippen LogP) is 4.40. The molecule has 3 aromatic carbocycles. The van der Waals surface area contributed by atoms with Crippen molar-refractivity contribution >= 4 is 50.3 Å². The zero-order valence-electron chi connectivity index (χ0n) is 13.4. The number of ether oxygens (including phenoxy) is 1. The molecule has 0 spiro atoms. The molecule has 27 heavy (non-hydrogen) atoms. The van der Waals surface area contributed by atoms with Crippen LogP contribution in [-0.2, 0) is 14.9 Å². The van der Waals surface area contributed by atoms with Gasteiger partial charge in [0.2, 0.25) is 0 Å². The minimum absolute atomic E-state index is 0.0993. The van der Waals surface area contributed by atoms with Crippen molar-refractivity contribution in [2.45, 2.75) is 4.90 Å². The monoisotopic (exact) mass is 406 g/mol. The number of phenolic OH excluding ortho intramolecular Hbond substituents is 1. The fraction of sp³-hybridized carbons (Fsp3) is 0. The average Bonchev–Trinajstić information content (AvgIpc) is 2.62. The summed E-state index contributed by atoms with van der Waals surface area (Å²) in [6, 6.07) is 12.1. The highest BCUT2D eigenvalue weighted by Gasteiger charge is 2.20. The van der Waals surface area contributed by atoms with Gasteiger partial charge in [0.25, 0.3) is 16.6 Å². The van der Waals surface area contributed by atoms with E-state index in [0.29, 0.717) is 5.39 Å². The molecule has 3 rings (SSSR count). The van der Waals surface area contributed by atoms with Gasteiger partial charge < -0.3 is 9.84 Å². The molecule has 0 fully saturated rings. The Balaban J connectivity index is 2.19. The van der Waals surface area contributed by atoms with Gasteiger partial charge in [0, 0.05) is 11.5 Å². The highest BCUT2D eigenvalue weighted by atomic mass is 35.5. The molecule has 0 aliphatic carbocycles. The molecule has 0 aromatic heterocycles. The van der Waals surface area contributed by atoms with Crippen molar-refractivity contribution in [1.82, 2.24) is 0 Å². The van der Waals surface area contributed by atoms with Gasteiger partial charge >= 0.3 is 0 Å². The van der Waals surface area contributed by atoms with Crippen molar-refractivity contribution in [3.63, 3.8) is 0 Å². The molecule has 0 heterocycles. The van der Waals surface area contributed by atoms with Crippen molar-refractivity contribution in [3.8, 4) is 11.5 Å². The first-order valence-corrected chi connectivity index (χ1v) is 9.17. The third-order valence-electron chi connectivity index (χ3n) is 3.60. The maximum absolute atomic E-state index is 11.6. The van der Waals surface area contributed by atoms with Gasteiger partial charge in [-0.15, -0.1) is 10.2 Å². The van der Waals surface area contributed by atoms with Gasteiger partial charge in [-0.25, -0.2) is 0 Å². The highest BCUT2D eigenvalue weighted by molar-refractivity contribution is 7.86. The van der Waals surface area contributed by atoms with Gasteiger partial charge in [0.15, 0.2) is 5.75 Å². The van der Waals surface area contributed by atoms with Crippen LogP contribution in [0.15, 0.2) is 63.7 Å². The average molecular weight is 407 g/mol. The van der Waals surface area contributed by atoms with Gasteiger partial charge in [-0.05, 0) is 17.5 Å². The minimum Gasteiger partial charge on any atom is -0.506 e. The summed E-state index contributed by atoms with van der Waals surface area (Å²) in [5, 5.41) is 19.0. The summed E-state index contributed by atoms with van der Waals surface area (Å²) in [7, 11) is -4.69. The molecule has 0 radical (unpaired) electrons. The summed E-state index contributed by atoms with van der Waals surface area (Å²) in [4.78, 5) is 9.92. The zero-order valence-corrected chi connectivity index (χ0v) is 15.0. The molecule has 2 N–H and O–H groups in total. The van der Waals surface area contributed by atoms with Gasteiger partial charge in [-0.2, -0.15) is 8.42 Å². The lowest BCUT2D eigenvalue weighted by molar-refractivity contribution is -0.120. The van der Waals surface area contributed by atoms with E-state index in [2.05, 4.69) is 15.0 Å². The van der Waals surface area contributed by atoms with Gasteiger partial charge in [0.1, 0.15) is 22.0 Å². The second-order valence-electron chi connectivity index (χ2n) is 5.29. The first-order valence-electron chi connectivity index (χ1n) is 7.35. The smallest absolute Gasteiger partial charge is 0.298 e. The van der Waals surface area contributed by atoms with E-state index in [0.717, 1.165) is 17.5 Å². The molecule has 8 nitrogen and oxygen atoms in total. The lowest BCUT2D eigenvalue weighted by Gasteiger charge is -2.07. The molecular formula is C17H11ClN2O6S. The molecule has 3 aromatic rings. The second kappa shape index (κ2) is 7.31. The molecule has 0 aliphatic heterocycles. The van der Waals surface area contributed by atoms with Crippen LogP contribution in [0.1, 0.15) is 0 Å². The largest absolute Gasteiger partial charge is 0.506 e. The minimum atomic E-state index is -4.69. The summed E-state index contributed by atoms with van der Waals surface area (Å²) in [6.07, 6.45) is 0. The van der Waals surface area contributed by atoms with E-state index < -0.39 is 15.0 Å². The van der Waals surface area contributed by atoms with E-state index >= 15 is 0 Å². The first kappa shape index (κ1) is 18.8. The lowest BCUT2D eigenvalue weighted by atomic mass is 10.1. The summed E-state index contributed by atoms with van der Waals surface area (Å²) in [5.74, 6) is -0.348.